The van der Waals surface area contributed by atoms with Crippen LogP contribution in [0.25, 0.3) is 0 Å². The van der Waals surface area contributed by atoms with Crippen LogP contribution in [0.1, 0.15) is 43.1 Å². The number of nitrogens with one attached hydrogen (secondary N) is 1. The maximum atomic E-state index is 4.43. The quantitative estimate of drug-likeness (QED) is 0.866. The molecule has 3 nitrogen and oxygen atoms in total. The number of aromatic nitrogens is 2. The first-order valence-electron chi connectivity index (χ1n) is 6.55. The van der Waals surface area contributed by atoms with Gasteiger partial charge in [-0.3, -0.25) is 4.68 Å². The van der Waals surface area contributed by atoms with Crippen LogP contribution in [0, 0.1) is 6.92 Å². The van der Waals surface area contributed by atoms with Gasteiger partial charge in [0, 0.05) is 12.7 Å². The summed E-state index contributed by atoms with van der Waals surface area (Å²) in [6.45, 7) is 8.44. The molecule has 0 saturated heterocycles. The summed E-state index contributed by atoms with van der Waals surface area (Å²) in [5, 5.41) is 12.5. The van der Waals surface area contributed by atoms with Crippen LogP contribution in [-0.4, -0.2) is 16.3 Å². The second kappa shape index (κ2) is 6.16. The molecule has 0 aliphatic carbocycles. The van der Waals surface area contributed by atoms with E-state index in [-0.39, 0.29) is 6.04 Å². The SMILES string of the molecule is CCCn1nccc1C(NCC)c1cscc1C. The van der Waals surface area contributed by atoms with E-state index in [1.165, 1.54) is 16.8 Å². The second-order valence-electron chi connectivity index (χ2n) is 4.48. The zero-order valence-electron chi connectivity index (χ0n) is 11.3. The predicted octanol–water partition coefficient (Wildman–Crippen LogP) is 3.36. The molecule has 0 radical (unpaired) electrons. The molecule has 2 aromatic heterocycles. The summed E-state index contributed by atoms with van der Waals surface area (Å²) in [5.41, 5.74) is 4.00. The van der Waals surface area contributed by atoms with E-state index >= 15 is 0 Å². The van der Waals surface area contributed by atoms with Crippen molar-refractivity contribution >= 4 is 11.3 Å². The fraction of sp³-hybridized carbons (Fsp3) is 0.500. The Balaban J connectivity index is 2.35. The lowest BCUT2D eigenvalue weighted by molar-refractivity contribution is 0.520. The first kappa shape index (κ1) is 13.3. The molecule has 0 bridgehead atoms. The lowest BCUT2D eigenvalue weighted by atomic mass is 10.0. The fourth-order valence-electron chi connectivity index (χ4n) is 2.23. The van der Waals surface area contributed by atoms with Crippen molar-refractivity contribution in [3.63, 3.8) is 0 Å². The summed E-state index contributed by atoms with van der Waals surface area (Å²) >= 11 is 1.77. The molecule has 1 unspecified atom stereocenters. The van der Waals surface area contributed by atoms with Crippen LogP contribution in [-0.2, 0) is 6.54 Å². The van der Waals surface area contributed by atoms with Crippen LogP contribution >= 0.6 is 11.3 Å². The van der Waals surface area contributed by atoms with Crippen LogP contribution in [0.4, 0.5) is 0 Å². The van der Waals surface area contributed by atoms with Gasteiger partial charge in [-0.05, 0) is 47.8 Å². The van der Waals surface area contributed by atoms with Crippen molar-refractivity contribution in [2.24, 2.45) is 0 Å². The Hall–Kier alpha value is -1.13. The van der Waals surface area contributed by atoms with Crippen LogP contribution in [0.5, 0.6) is 0 Å². The second-order valence-corrected chi connectivity index (χ2v) is 5.22. The van der Waals surface area contributed by atoms with Crippen molar-refractivity contribution in [3.8, 4) is 0 Å². The minimum absolute atomic E-state index is 0.260. The van der Waals surface area contributed by atoms with Crippen LogP contribution in [0.15, 0.2) is 23.0 Å². The lowest BCUT2D eigenvalue weighted by Crippen LogP contribution is -2.25. The van der Waals surface area contributed by atoms with E-state index in [0.29, 0.717) is 0 Å². The Kier molecular flexibility index (Phi) is 4.55. The number of thiophene rings is 1. The van der Waals surface area contributed by atoms with Gasteiger partial charge in [-0.2, -0.15) is 16.4 Å². The number of nitrogens with zero attached hydrogens (tertiary/aromatic N) is 2. The van der Waals surface area contributed by atoms with Crippen molar-refractivity contribution in [2.75, 3.05) is 6.54 Å². The van der Waals surface area contributed by atoms with Crippen molar-refractivity contribution in [3.05, 3.63) is 39.8 Å². The van der Waals surface area contributed by atoms with Crippen LogP contribution < -0.4 is 5.32 Å². The van der Waals surface area contributed by atoms with Crippen LogP contribution in [0.3, 0.4) is 0 Å². The lowest BCUT2D eigenvalue weighted by Gasteiger charge is -2.19. The maximum Gasteiger partial charge on any atom is 0.0758 e. The van der Waals surface area contributed by atoms with Gasteiger partial charge in [-0.15, -0.1) is 0 Å². The number of hydrogen-bond donors (Lipinski definition) is 1. The third-order valence-corrected chi connectivity index (χ3v) is 3.97. The molecule has 4 heteroatoms. The first-order valence-corrected chi connectivity index (χ1v) is 7.50. The van der Waals surface area contributed by atoms with Crippen molar-refractivity contribution in [1.82, 2.24) is 15.1 Å². The normalized spacial score (nSPS) is 12.8. The van der Waals surface area contributed by atoms with E-state index in [1.807, 2.05) is 6.20 Å². The largest absolute Gasteiger partial charge is 0.305 e. The van der Waals surface area contributed by atoms with Gasteiger partial charge in [0.15, 0.2) is 0 Å². The van der Waals surface area contributed by atoms with E-state index in [1.54, 1.807) is 11.3 Å². The molecular formula is C14H21N3S. The van der Waals surface area contributed by atoms with E-state index in [2.05, 4.69) is 52.7 Å². The van der Waals surface area contributed by atoms with Gasteiger partial charge in [-0.25, -0.2) is 0 Å². The molecular weight excluding hydrogens is 242 g/mol. The molecule has 98 valence electrons. The molecule has 0 aliphatic rings. The highest BCUT2D eigenvalue weighted by Crippen LogP contribution is 2.27. The molecule has 0 aliphatic heterocycles. The van der Waals surface area contributed by atoms with Gasteiger partial charge < -0.3 is 5.32 Å². The topological polar surface area (TPSA) is 29.9 Å². The van der Waals surface area contributed by atoms with Gasteiger partial charge in [-0.1, -0.05) is 13.8 Å². The predicted molar refractivity (Wildman–Crippen MR) is 77.1 cm³/mol. The minimum Gasteiger partial charge on any atom is -0.305 e. The van der Waals surface area contributed by atoms with E-state index in [0.717, 1.165) is 19.5 Å². The molecule has 1 atom stereocenters. The molecule has 1 N–H and O–H groups in total. The van der Waals surface area contributed by atoms with E-state index < -0.39 is 0 Å². The Labute approximate surface area is 113 Å². The molecule has 2 rings (SSSR count). The molecule has 0 saturated carbocycles. The minimum atomic E-state index is 0.260. The summed E-state index contributed by atoms with van der Waals surface area (Å²) in [6, 6.07) is 2.38. The third kappa shape index (κ3) is 2.65. The Morgan fingerprint density at radius 2 is 2.22 bits per heavy atom. The first-order chi connectivity index (χ1) is 8.77. The summed E-state index contributed by atoms with van der Waals surface area (Å²) in [5.74, 6) is 0. The number of rotatable bonds is 6. The summed E-state index contributed by atoms with van der Waals surface area (Å²) < 4.78 is 2.12. The van der Waals surface area contributed by atoms with Gasteiger partial charge in [0.05, 0.1) is 11.7 Å². The van der Waals surface area contributed by atoms with Gasteiger partial charge >= 0.3 is 0 Å². The molecule has 0 fully saturated rings. The number of hydrogen-bond acceptors (Lipinski definition) is 3. The zero-order valence-corrected chi connectivity index (χ0v) is 12.1. The van der Waals surface area contributed by atoms with Gasteiger partial charge in [0.1, 0.15) is 0 Å². The smallest absolute Gasteiger partial charge is 0.0758 e. The standard InChI is InChI=1S/C14H21N3S/c1-4-8-17-13(6-7-16-17)14(15-5-2)12-10-18-9-11(12)3/h6-7,9-10,14-15H,4-5,8H2,1-3H3. The highest BCUT2D eigenvalue weighted by atomic mass is 32.1. The Morgan fingerprint density at radius 3 is 2.83 bits per heavy atom. The van der Waals surface area contributed by atoms with Crippen molar-refractivity contribution < 1.29 is 0 Å². The van der Waals surface area contributed by atoms with Crippen molar-refractivity contribution in [2.45, 2.75) is 39.8 Å². The highest BCUT2D eigenvalue weighted by molar-refractivity contribution is 7.08. The zero-order chi connectivity index (χ0) is 13.0. The molecule has 0 amide bonds. The van der Waals surface area contributed by atoms with E-state index in [4.69, 9.17) is 0 Å². The summed E-state index contributed by atoms with van der Waals surface area (Å²) in [4.78, 5) is 0. The molecule has 0 aromatic carbocycles. The molecule has 18 heavy (non-hydrogen) atoms. The average molecular weight is 263 g/mol. The van der Waals surface area contributed by atoms with Crippen molar-refractivity contribution in [1.29, 1.82) is 0 Å². The summed E-state index contributed by atoms with van der Waals surface area (Å²) in [6.07, 6.45) is 3.01. The summed E-state index contributed by atoms with van der Waals surface area (Å²) in [7, 11) is 0. The highest BCUT2D eigenvalue weighted by Gasteiger charge is 2.19. The van der Waals surface area contributed by atoms with Gasteiger partial charge in [0.25, 0.3) is 0 Å². The average Bonchev–Trinajstić information content (AvgIpc) is 2.96. The van der Waals surface area contributed by atoms with Gasteiger partial charge in [0.2, 0.25) is 0 Å². The molecule has 2 aromatic rings. The van der Waals surface area contributed by atoms with Crippen LogP contribution in [0.2, 0.25) is 0 Å². The Bertz CT molecular complexity index is 487. The van der Waals surface area contributed by atoms with E-state index in [9.17, 15) is 0 Å². The maximum absolute atomic E-state index is 4.43. The monoisotopic (exact) mass is 263 g/mol. The molecule has 2 heterocycles. The number of aryl methyl sites for hydroxylation is 2. The Morgan fingerprint density at radius 1 is 1.39 bits per heavy atom. The third-order valence-electron chi connectivity index (χ3n) is 3.09. The fourth-order valence-corrected chi connectivity index (χ4v) is 3.11. The molecule has 0 spiro atoms.